The van der Waals surface area contributed by atoms with Gasteiger partial charge in [0.2, 0.25) is 0 Å². The van der Waals surface area contributed by atoms with Gasteiger partial charge in [-0.25, -0.2) is 4.79 Å². The number of hydrogen-bond donors (Lipinski definition) is 2. The van der Waals surface area contributed by atoms with Gasteiger partial charge in [-0.1, -0.05) is 24.3 Å². The molecule has 1 aliphatic carbocycles. The first-order valence-electron chi connectivity index (χ1n) is 7.70. The summed E-state index contributed by atoms with van der Waals surface area (Å²) in [4.78, 5) is 11.5. The van der Waals surface area contributed by atoms with Gasteiger partial charge in [0.25, 0.3) is 0 Å². The second kappa shape index (κ2) is 6.94. The molecule has 0 saturated heterocycles. The summed E-state index contributed by atoms with van der Waals surface area (Å²) in [5.74, 6) is 0.791. The molecule has 1 aromatic rings. The molecule has 1 aliphatic rings. The number of amides is 1. The van der Waals surface area contributed by atoms with Gasteiger partial charge < -0.3 is 15.4 Å². The van der Waals surface area contributed by atoms with Crippen molar-refractivity contribution in [1.82, 2.24) is 10.6 Å². The van der Waals surface area contributed by atoms with Crippen LogP contribution in [0, 0.1) is 0 Å². The highest BCUT2D eigenvalue weighted by atomic mass is 16.6. The maximum Gasteiger partial charge on any atom is 0.407 e. The van der Waals surface area contributed by atoms with E-state index in [1.54, 1.807) is 0 Å². The molecule has 1 fully saturated rings. The zero-order chi connectivity index (χ0) is 15.3. The SMILES string of the molecule is CC(C)(C)OC(=O)NCCNCc1cccc(C2CC2)c1. The van der Waals surface area contributed by atoms with E-state index in [1.807, 2.05) is 20.8 Å². The fourth-order valence-electron chi connectivity index (χ4n) is 2.17. The Balaban J connectivity index is 1.61. The van der Waals surface area contributed by atoms with Crippen LogP contribution in [-0.2, 0) is 11.3 Å². The van der Waals surface area contributed by atoms with Crippen molar-refractivity contribution in [2.75, 3.05) is 13.1 Å². The summed E-state index contributed by atoms with van der Waals surface area (Å²) >= 11 is 0. The third-order valence-corrected chi connectivity index (χ3v) is 3.30. The van der Waals surface area contributed by atoms with Gasteiger partial charge in [-0.2, -0.15) is 0 Å². The maximum absolute atomic E-state index is 11.5. The van der Waals surface area contributed by atoms with Crippen molar-refractivity contribution >= 4 is 6.09 Å². The minimum atomic E-state index is -0.444. The van der Waals surface area contributed by atoms with Crippen molar-refractivity contribution in [2.24, 2.45) is 0 Å². The fourth-order valence-corrected chi connectivity index (χ4v) is 2.17. The quantitative estimate of drug-likeness (QED) is 0.791. The third kappa shape index (κ3) is 6.17. The van der Waals surface area contributed by atoms with E-state index < -0.39 is 5.60 Å². The zero-order valence-corrected chi connectivity index (χ0v) is 13.2. The van der Waals surface area contributed by atoms with Crippen LogP contribution >= 0.6 is 0 Å². The Bertz CT molecular complexity index is 476. The van der Waals surface area contributed by atoms with E-state index in [0.717, 1.165) is 19.0 Å². The molecular weight excluding hydrogens is 264 g/mol. The molecule has 0 aromatic heterocycles. The van der Waals surface area contributed by atoms with Crippen molar-refractivity contribution in [3.63, 3.8) is 0 Å². The first-order chi connectivity index (χ1) is 9.94. The number of hydrogen-bond acceptors (Lipinski definition) is 3. The van der Waals surface area contributed by atoms with Gasteiger partial charge in [0, 0.05) is 19.6 Å². The minimum absolute atomic E-state index is 0.361. The minimum Gasteiger partial charge on any atom is -0.444 e. The number of benzene rings is 1. The Kier molecular flexibility index (Phi) is 5.23. The third-order valence-electron chi connectivity index (χ3n) is 3.30. The van der Waals surface area contributed by atoms with Crippen molar-refractivity contribution in [3.8, 4) is 0 Å². The summed E-state index contributed by atoms with van der Waals surface area (Å²) in [5.41, 5.74) is 2.32. The number of ether oxygens (including phenoxy) is 1. The predicted molar refractivity (Wildman–Crippen MR) is 84.4 cm³/mol. The molecule has 2 N–H and O–H groups in total. The second-order valence-corrected chi connectivity index (χ2v) is 6.62. The van der Waals surface area contributed by atoms with Crippen molar-refractivity contribution in [1.29, 1.82) is 0 Å². The van der Waals surface area contributed by atoms with Gasteiger partial charge in [0.15, 0.2) is 0 Å². The number of rotatable bonds is 6. The van der Waals surface area contributed by atoms with E-state index in [0.29, 0.717) is 6.54 Å². The topological polar surface area (TPSA) is 50.4 Å². The highest BCUT2D eigenvalue weighted by molar-refractivity contribution is 5.67. The molecule has 0 atom stereocenters. The molecule has 1 amide bonds. The smallest absolute Gasteiger partial charge is 0.407 e. The van der Waals surface area contributed by atoms with Crippen molar-refractivity contribution in [2.45, 2.75) is 51.7 Å². The molecule has 1 aromatic carbocycles. The van der Waals surface area contributed by atoms with Crippen molar-refractivity contribution < 1.29 is 9.53 Å². The lowest BCUT2D eigenvalue weighted by atomic mass is 10.1. The highest BCUT2D eigenvalue weighted by Gasteiger charge is 2.23. The van der Waals surface area contributed by atoms with Gasteiger partial charge in [-0.05, 0) is 50.7 Å². The summed E-state index contributed by atoms with van der Waals surface area (Å²) < 4.78 is 5.17. The lowest BCUT2D eigenvalue weighted by Crippen LogP contribution is -2.36. The lowest BCUT2D eigenvalue weighted by molar-refractivity contribution is 0.0528. The Hall–Kier alpha value is -1.55. The van der Waals surface area contributed by atoms with E-state index in [2.05, 4.69) is 34.9 Å². The Morgan fingerprint density at radius 1 is 1.29 bits per heavy atom. The van der Waals surface area contributed by atoms with E-state index >= 15 is 0 Å². The molecule has 0 heterocycles. The molecule has 0 unspecified atom stereocenters. The van der Waals surface area contributed by atoms with Crippen LogP contribution in [0.25, 0.3) is 0 Å². The average Bonchev–Trinajstić information content (AvgIpc) is 3.21. The highest BCUT2D eigenvalue weighted by Crippen LogP contribution is 2.40. The molecule has 2 rings (SSSR count). The fraction of sp³-hybridized carbons (Fsp3) is 0.588. The molecular formula is C17H26N2O2. The number of carbonyl (C=O) groups excluding carboxylic acids is 1. The number of carbonyl (C=O) groups is 1. The Labute approximate surface area is 127 Å². The zero-order valence-electron chi connectivity index (χ0n) is 13.2. The summed E-state index contributed by atoms with van der Waals surface area (Å²) in [6.45, 7) is 7.70. The maximum atomic E-state index is 11.5. The van der Waals surface area contributed by atoms with Gasteiger partial charge in [-0.15, -0.1) is 0 Å². The largest absolute Gasteiger partial charge is 0.444 e. The molecule has 21 heavy (non-hydrogen) atoms. The lowest BCUT2D eigenvalue weighted by Gasteiger charge is -2.19. The summed E-state index contributed by atoms with van der Waals surface area (Å²) in [6, 6.07) is 8.76. The molecule has 0 bridgehead atoms. The van der Waals surface area contributed by atoms with Crippen LogP contribution < -0.4 is 10.6 Å². The Morgan fingerprint density at radius 3 is 2.71 bits per heavy atom. The van der Waals surface area contributed by atoms with Gasteiger partial charge in [-0.3, -0.25) is 0 Å². The number of nitrogens with one attached hydrogen (secondary N) is 2. The van der Waals surface area contributed by atoms with Crippen LogP contribution in [0.2, 0.25) is 0 Å². The first kappa shape index (κ1) is 15.8. The van der Waals surface area contributed by atoms with Gasteiger partial charge >= 0.3 is 6.09 Å². The van der Waals surface area contributed by atoms with E-state index in [1.165, 1.54) is 24.0 Å². The van der Waals surface area contributed by atoms with E-state index in [4.69, 9.17) is 4.74 Å². The van der Waals surface area contributed by atoms with Crippen LogP contribution in [0.15, 0.2) is 24.3 Å². The molecule has 0 aliphatic heterocycles. The summed E-state index contributed by atoms with van der Waals surface area (Å²) in [6.07, 6.45) is 2.30. The molecule has 4 heteroatoms. The number of alkyl carbamates (subject to hydrolysis) is 1. The van der Waals surface area contributed by atoms with Crippen LogP contribution in [0.4, 0.5) is 4.79 Å². The second-order valence-electron chi connectivity index (χ2n) is 6.62. The standard InChI is InChI=1S/C17H26N2O2/c1-17(2,3)21-16(20)19-10-9-18-12-13-5-4-6-15(11-13)14-7-8-14/h4-6,11,14,18H,7-10,12H2,1-3H3,(H,19,20). The Morgan fingerprint density at radius 2 is 2.05 bits per heavy atom. The molecule has 1 saturated carbocycles. The van der Waals surface area contributed by atoms with Crippen LogP contribution in [-0.4, -0.2) is 24.8 Å². The monoisotopic (exact) mass is 290 g/mol. The van der Waals surface area contributed by atoms with Gasteiger partial charge in [0.1, 0.15) is 5.60 Å². The van der Waals surface area contributed by atoms with Crippen LogP contribution in [0.3, 0.4) is 0 Å². The van der Waals surface area contributed by atoms with E-state index in [9.17, 15) is 4.79 Å². The normalized spacial score (nSPS) is 14.8. The van der Waals surface area contributed by atoms with Crippen LogP contribution in [0.5, 0.6) is 0 Å². The predicted octanol–water partition coefficient (Wildman–Crippen LogP) is 3.18. The van der Waals surface area contributed by atoms with Crippen LogP contribution in [0.1, 0.15) is 50.7 Å². The summed E-state index contributed by atoms with van der Waals surface area (Å²) in [7, 11) is 0. The van der Waals surface area contributed by atoms with Gasteiger partial charge in [0.05, 0.1) is 0 Å². The summed E-state index contributed by atoms with van der Waals surface area (Å²) in [5, 5.41) is 6.08. The average molecular weight is 290 g/mol. The van der Waals surface area contributed by atoms with Crippen molar-refractivity contribution in [3.05, 3.63) is 35.4 Å². The first-order valence-corrected chi connectivity index (χ1v) is 7.70. The van der Waals surface area contributed by atoms with E-state index in [-0.39, 0.29) is 6.09 Å². The molecule has 116 valence electrons. The molecule has 0 spiro atoms. The molecule has 4 nitrogen and oxygen atoms in total. The molecule has 0 radical (unpaired) electrons.